The van der Waals surface area contributed by atoms with E-state index in [2.05, 4.69) is 24.5 Å². The molecule has 0 saturated carbocycles. The van der Waals surface area contributed by atoms with Crippen LogP contribution < -0.4 is 5.32 Å². The van der Waals surface area contributed by atoms with Gasteiger partial charge in [-0.15, -0.1) is 11.3 Å². The van der Waals surface area contributed by atoms with Crippen LogP contribution in [0.3, 0.4) is 0 Å². The minimum atomic E-state index is 0.697. The zero-order valence-corrected chi connectivity index (χ0v) is 8.50. The van der Waals surface area contributed by atoms with E-state index in [-0.39, 0.29) is 0 Å². The summed E-state index contributed by atoms with van der Waals surface area (Å²) in [5.74, 6) is 0.697. The quantitative estimate of drug-likeness (QED) is 0.702. The highest BCUT2D eigenvalue weighted by molar-refractivity contribution is 7.10. The Hall–Kier alpha value is -0.340. The van der Waals surface area contributed by atoms with Crippen molar-refractivity contribution < 1.29 is 0 Å². The molecule has 0 spiro atoms. The summed E-state index contributed by atoms with van der Waals surface area (Å²) in [6.45, 7) is 6.81. The zero-order valence-electron chi connectivity index (χ0n) is 7.68. The largest absolute Gasteiger partial charge is 0.312 e. The van der Waals surface area contributed by atoms with Gasteiger partial charge in [0.25, 0.3) is 0 Å². The molecule has 1 aliphatic heterocycles. The van der Waals surface area contributed by atoms with Crippen LogP contribution in [0, 0.1) is 0 Å². The van der Waals surface area contributed by atoms with E-state index >= 15 is 0 Å². The minimum Gasteiger partial charge on any atom is -0.312 e. The van der Waals surface area contributed by atoms with Crippen molar-refractivity contribution in [1.29, 1.82) is 0 Å². The lowest BCUT2D eigenvalue weighted by molar-refractivity contribution is 0.646. The second kappa shape index (κ2) is 3.19. The number of fused-ring (bicyclic) bond motifs is 1. The van der Waals surface area contributed by atoms with Crippen LogP contribution in [-0.4, -0.2) is 6.54 Å². The molecule has 0 unspecified atom stereocenters. The fourth-order valence-electron chi connectivity index (χ4n) is 1.77. The van der Waals surface area contributed by atoms with Gasteiger partial charge >= 0.3 is 0 Å². The van der Waals surface area contributed by atoms with Crippen LogP contribution >= 0.6 is 11.3 Å². The van der Waals surface area contributed by atoms with E-state index < -0.39 is 0 Å². The molecule has 0 saturated heterocycles. The summed E-state index contributed by atoms with van der Waals surface area (Å²) < 4.78 is 0. The maximum absolute atomic E-state index is 3.40. The van der Waals surface area contributed by atoms with Gasteiger partial charge in [-0.05, 0) is 35.4 Å². The first-order valence-corrected chi connectivity index (χ1v) is 5.47. The number of hydrogen-bond donors (Lipinski definition) is 1. The van der Waals surface area contributed by atoms with Crippen LogP contribution in [-0.2, 0) is 13.0 Å². The molecule has 0 amide bonds. The second-order valence-corrected chi connectivity index (χ2v) is 4.64. The summed E-state index contributed by atoms with van der Waals surface area (Å²) in [5, 5.41) is 5.74. The summed E-state index contributed by atoms with van der Waals surface area (Å²) in [6.07, 6.45) is 1.23. The van der Waals surface area contributed by atoms with Crippen LogP contribution in [0.5, 0.6) is 0 Å². The topological polar surface area (TPSA) is 12.0 Å². The monoisotopic (exact) mass is 181 g/mol. The highest BCUT2D eigenvalue weighted by atomic mass is 32.1. The molecule has 0 aromatic carbocycles. The molecule has 1 N–H and O–H groups in total. The molecular formula is C10H15NS. The van der Waals surface area contributed by atoms with Crippen LogP contribution in [0.2, 0.25) is 0 Å². The molecule has 0 atom stereocenters. The Morgan fingerprint density at radius 1 is 1.50 bits per heavy atom. The summed E-state index contributed by atoms with van der Waals surface area (Å²) in [6, 6.07) is 0. The van der Waals surface area contributed by atoms with Crippen molar-refractivity contribution in [3.63, 3.8) is 0 Å². The molecule has 0 fully saturated rings. The van der Waals surface area contributed by atoms with Gasteiger partial charge in [-0.1, -0.05) is 13.8 Å². The third kappa shape index (κ3) is 1.29. The van der Waals surface area contributed by atoms with Gasteiger partial charge in [0, 0.05) is 11.4 Å². The van der Waals surface area contributed by atoms with Crippen LogP contribution in [0.25, 0.3) is 0 Å². The van der Waals surface area contributed by atoms with Gasteiger partial charge < -0.3 is 5.32 Å². The number of nitrogens with one attached hydrogen (secondary N) is 1. The maximum atomic E-state index is 3.40. The van der Waals surface area contributed by atoms with E-state index in [1.165, 1.54) is 6.42 Å². The van der Waals surface area contributed by atoms with Crippen molar-refractivity contribution in [2.24, 2.45) is 0 Å². The molecular weight excluding hydrogens is 166 g/mol. The average Bonchev–Trinajstić information content (AvgIpc) is 2.47. The zero-order chi connectivity index (χ0) is 8.55. The maximum Gasteiger partial charge on any atom is 0.0302 e. The predicted molar refractivity (Wildman–Crippen MR) is 53.8 cm³/mol. The van der Waals surface area contributed by atoms with Crippen LogP contribution in [0.15, 0.2) is 5.38 Å². The first-order valence-electron chi connectivity index (χ1n) is 4.59. The lowest BCUT2D eigenvalue weighted by Crippen LogP contribution is -2.22. The lowest BCUT2D eigenvalue weighted by Gasteiger charge is -2.15. The number of rotatable bonds is 1. The van der Waals surface area contributed by atoms with Crippen molar-refractivity contribution in [2.45, 2.75) is 32.7 Å². The van der Waals surface area contributed by atoms with E-state index in [1.807, 2.05) is 11.3 Å². The van der Waals surface area contributed by atoms with Gasteiger partial charge in [-0.2, -0.15) is 0 Å². The van der Waals surface area contributed by atoms with Crippen molar-refractivity contribution in [3.05, 3.63) is 21.4 Å². The third-order valence-corrected chi connectivity index (χ3v) is 3.52. The Bertz CT molecular complexity index is 275. The molecule has 12 heavy (non-hydrogen) atoms. The smallest absolute Gasteiger partial charge is 0.0302 e. The van der Waals surface area contributed by atoms with E-state index in [1.54, 1.807) is 16.0 Å². The first kappa shape index (κ1) is 8.27. The van der Waals surface area contributed by atoms with E-state index in [0.717, 1.165) is 13.1 Å². The van der Waals surface area contributed by atoms with Gasteiger partial charge in [0.1, 0.15) is 0 Å². The fourth-order valence-corrected chi connectivity index (χ4v) is 3.00. The lowest BCUT2D eigenvalue weighted by atomic mass is 9.97. The van der Waals surface area contributed by atoms with Gasteiger partial charge in [-0.25, -0.2) is 0 Å². The Kier molecular flexibility index (Phi) is 2.20. The Morgan fingerprint density at radius 3 is 3.08 bits per heavy atom. The third-order valence-electron chi connectivity index (χ3n) is 2.47. The summed E-state index contributed by atoms with van der Waals surface area (Å²) in [4.78, 5) is 1.56. The molecule has 2 heteroatoms. The average molecular weight is 181 g/mol. The Balaban J connectivity index is 2.38. The molecule has 1 aliphatic rings. The minimum absolute atomic E-state index is 0.697. The van der Waals surface area contributed by atoms with Crippen LogP contribution in [0.1, 0.15) is 35.8 Å². The Morgan fingerprint density at radius 2 is 2.33 bits per heavy atom. The molecule has 2 rings (SSSR count). The molecule has 2 heterocycles. The molecule has 0 bridgehead atoms. The summed E-state index contributed by atoms with van der Waals surface area (Å²) >= 11 is 1.92. The first-order chi connectivity index (χ1) is 5.79. The summed E-state index contributed by atoms with van der Waals surface area (Å²) in [7, 11) is 0. The van der Waals surface area contributed by atoms with Crippen molar-refractivity contribution in [1.82, 2.24) is 5.32 Å². The van der Waals surface area contributed by atoms with Crippen molar-refractivity contribution in [3.8, 4) is 0 Å². The van der Waals surface area contributed by atoms with Gasteiger partial charge in [-0.3, -0.25) is 0 Å². The second-order valence-electron chi connectivity index (χ2n) is 3.67. The molecule has 0 radical (unpaired) electrons. The summed E-state index contributed by atoms with van der Waals surface area (Å²) in [5.41, 5.74) is 3.21. The van der Waals surface area contributed by atoms with Crippen molar-refractivity contribution in [2.75, 3.05) is 6.54 Å². The van der Waals surface area contributed by atoms with E-state index in [9.17, 15) is 0 Å². The van der Waals surface area contributed by atoms with E-state index in [0.29, 0.717) is 5.92 Å². The number of thiophene rings is 1. The van der Waals surface area contributed by atoms with Gasteiger partial charge in [0.05, 0.1) is 0 Å². The molecule has 0 aliphatic carbocycles. The highest BCUT2D eigenvalue weighted by Gasteiger charge is 2.16. The SMILES string of the molecule is CC(C)c1csc2c1CCNC2. The molecule has 1 nitrogen and oxygen atoms in total. The standard InChI is InChI=1S/C10H15NS/c1-7(2)9-6-12-10-5-11-4-3-8(9)10/h6-7,11H,3-5H2,1-2H3. The highest BCUT2D eigenvalue weighted by Crippen LogP contribution is 2.30. The molecule has 66 valence electrons. The van der Waals surface area contributed by atoms with Gasteiger partial charge in [0.15, 0.2) is 0 Å². The molecule has 1 aromatic heterocycles. The van der Waals surface area contributed by atoms with Crippen LogP contribution in [0.4, 0.5) is 0 Å². The van der Waals surface area contributed by atoms with Gasteiger partial charge in [0.2, 0.25) is 0 Å². The number of hydrogen-bond acceptors (Lipinski definition) is 2. The van der Waals surface area contributed by atoms with Crippen molar-refractivity contribution >= 4 is 11.3 Å². The predicted octanol–water partition coefficient (Wildman–Crippen LogP) is 2.52. The Labute approximate surface area is 77.8 Å². The molecule has 1 aromatic rings. The van der Waals surface area contributed by atoms with E-state index in [4.69, 9.17) is 0 Å². The fraction of sp³-hybridized carbons (Fsp3) is 0.600. The normalized spacial score (nSPS) is 16.6.